The van der Waals surface area contributed by atoms with Crippen LogP contribution in [0.15, 0.2) is 0 Å². The summed E-state index contributed by atoms with van der Waals surface area (Å²) < 4.78 is 0. The van der Waals surface area contributed by atoms with Gasteiger partial charge in [0, 0.05) is 6.04 Å². The molecule has 0 aromatic carbocycles. The molecule has 0 aliphatic rings. The summed E-state index contributed by atoms with van der Waals surface area (Å²) in [5, 5.41) is 8.75. The minimum Gasteiger partial charge on any atom is -0.393 e. The van der Waals surface area contributed by atoms with Crippen molar-refractivity contribution in [2.75, 3.05) is 0 Å². The van der Waals surface area contributed by atoms with Gasteiger partial charge in [-0.05, 0) is 19.8 Å². The Bertz CT molecular complexity index is 54.5. The van der Waals surface area contributed by atoms with E-state index in [-0.39, 0.29) is 12.1 Å². The first-order valence-electron chi connectivity index (χ1n) is 2.89. The molecule has 2 heteroatoms. The topological polar surface area (TPSA) is 46.2 Å². The summed E-state index contributed by atoms with van der Waals surface area (Å²) in [6.45, 7) is 5.33. The van der Waals surface area contributed by atoms with Gasteiger partial charge >= 0.3 is 0 Å². The third kappa shape index (κ3) is 4.09. The molecule has 0 spiro atoms. The highest BCUT2D eigenvalue weighted by Crippen LogP contribution is 1.96. The van der Waals surface area contributed by atoms with Crippen molar-refractivity contribution in [2.24, 2.45) is 5.73 Å². The van der Waals surface area contributed by atoms with Crippen LogP contribution in [0.5, 0.6) is 0 Å². The van der Waals surface area contributed by atoms with Crippen LogP contribution in [0.3, 0.4) is 0 Å². The fourth-order valence-electron chi connectivity index (χ4n) is 0.556. The summed E-state index contributed by atoms with van der Waals surface area (Å²) in [6, 6.07) is 0.0648. The van der Waals surface area contributed by atoms with Gasteiger partial charge in [0.15, 0.2) is 0 Å². The van der Waals surface area contributed by atoms with E-state index in [0.717, 1.165) is 0 Å². The van der Waals surface area contributed by atoms with Gasteiger partial charge < -0.3 is 10.8 Å². The Labute approximate surface area is 50.7 Å². The second-order valence-corrected chi connectivity index (χ2v) is 2.13. The smallest absolute Gasteiger partial charge is 0.0526 e. The molecular weight excluding hydrogens is 102 g/mol. The first-order chi connectivity index (χ1) is 3.66. The number of rotatable bonds is 3. The molecule has 49 valence electrons. The summed E-state index contributed by atoms with van der Waals surface area (Å²) in [7, 11) is 0. The third-order valence-corrected chi connectivity index (χ3v) is 1.01. The number of aliphatic hydroxyl groups is 1. The van der Waals surface area contributed by atoms with Crippen molar-refractivity contribution in [1.29, 1.82) is 0 Å². The summed E-state index contributed by atoms with van der Waals surface area (Å²) in [5.41, 5.74) is 5.45. The maximum Gasteiger partial charge on any atom is 0.0526 e. The van der Waals surface area contributed by atoms with E-state index < -0.39 is 0 Å². The zero-order chi connectivity index (χ0) is 6.57. The summed E-state index contributed by atoms with van der Waals surface area (Å²) >= 11 is 0. The van der Waals surface area contributed by atoms with Gasteiger partial charge in [-0.1, -0.05) is 6.92 Å². The van der Waals surface area contributed by atoms with E-state index in [0.29, 0.717) is 12.8 Å². The van der Waals surface area contributed by atoms with E-state index in [2.05, 4.69) is 6.92 Å². The summed E-state index contributed by atoms with van der Waals surface area (Å²) in [6.07, 6.45) is 1.07. The number of hydrogen-bond donors (Lipinski definition) is 2. The van der Waals surface area contributed by atoms with Crippen LogP contribution < -0.4 is 5.73 Å². The lowest BCUT2D eigenvalue weighted by Crippen LogP contribution is -2.23. The molecule has 0 amide bonds. The lowest BCUT2D eigenvalue weighted by molar-refractivity contribution is 0.175. The van der Waals surface area contributed by atoms with Crippen LogP contribution in [0.2, 0.25) is 0 Å². The molecule has 0 rings (SSSR count). The molecule has 3 N–H and O–H groups in total. The standard InChI is InChI=1S/C6H14NO/c1-3-6(7)4-5(2)8/h5-6,8H,1,3-4,7H2,2H3. The van der Waals surface area contributed by atoms with Crippen molar-refractivity contribution in [2.45, 2.75) is 31.9 Å². The first kappa shape index (κ1) is 7.92. The molecular formula is C6H14NO. The van der Waals surface area contributed by atoms with Crippen molar-refractivity contribution in [3.8, 4) is 0 Å². The van der Waals surface area contributed by atoms with Crippen LogP contribution in [-0.2, 0) is 0 Å². The van der Waals surface area contributed by atoms with E-state index in [1.54, 1.807) is 6.92 Å². The van der Waals surface area contributed by atoms with E-state index >= 15 is 0 Å². The highest BCUT2D eigenvalue weighted by molar-refractivity contribution is 4.64. The molecule has 0 saturated carbocycles. The Balaban J connectivity index is 3.10. The monoisotopic (exact) mass is 116 g/mol. The van der Waals surface area contributed by atoms with E-state index in [1.165, 1.54) is 0 Å². The minimum atomic E-state index is -0.285. The number of aliphatic hydroxyl groups excluding tert-OH is 1. The zero-order valence-corrected chi connectivity index (χ0v) is 5.30. The highest BCUT2D eigenvalue weighted by Gasteiger charge is 2.01. The highest BCUT2D eigenvalue weighted by atomic mass is 16.3. The molecule has 2 atom stereocenters. The van der Waals surface area contributed by atoms with Crippen LogP contribution >= 0.6 is 0 Å². The van der Waals surface area contributed by atoms with Gasteiger partial charge in [0.05, 0.1) is 6.10 Å². The SMILES string of the molecule is [CH2]CC(N)CC(C)O. The van der Waals surface area contributed by atoms with Crippen molar-refractivity contribution >= 4 is 0 Å². The van der Waals surface area contributed by atoms with E-state index in [9.17, 15) is 0 Å². The Kier molecular flexibility index (Phi) is 3.83. The number of nitrogens with two attached hydrogens (primary N) is 1. The normalized spacial score (nSPS) is 18.0. The predicted molar refractivity (Wildman–Crippen MR) is 34.2 cm³/mol. The average Bonchev–Trinajstić information content (AvgIpc) is 1.65. The second-order valence-electron chi connectivity index (χ2n) is 2.13. The van der Waals surface area contributed by atoms with Gasteiger partial charge in [0.1, 0.15) is 0 Å². The molecule has 0 bridgehead atoms. The third-order valence-electron chi connectivity index (χ3n) is 1.01. The van der Waals surface area contributed by atoms with Crippen molar-refractivity contribution < 1.29 is 5.11 Å². The van der Waals surface area contributed by atoms with E-state index in [4.69, 9.17) is 10.8 Å². The zero-order valence-electron chi connectivity index (χ0n) is 5.30. The van der Waals surface area contributed by atoms with Gasteiger partial charge in [0.25, 0.3) is 0 Å². The van der Waals surface area contributed by atoms with Gasteiger partial charge in [-0.2, -0.15) is 0 Å². The van der Waals surface area contributed by atoms with Crippen molar-refractivity contribution in [3.63, 3.8) is 0 Å². The van der Waals surface area contributed by atoms with Crippen LogP contribution in [0.4, 0.5) is 0 Å². The Morgan fingerprint density at radius 1 is 1.75 bits per heavy atom. The van der Waals surface area contributed by atoms with Gasteiger partial charge in [-0.3, -0.25) is 0 Å². The predicted octanol–water partition coefficient (Wildman–Crippen LogP) is 0.309. The number of hydrogen-bond acceptors (Lipinski definition) is 2. The molecule has 2 unspecified atom stereocenters. The largest absolute Gasteiger partial charge is 0.393 e. The van der Waals surface area contributed by atoms with Crippen molar-refractivity contribution in [3.05, 3.63) is 6.92 Å². The molecule has 2 nitrogen and oxygen atoms in total. The fourth-order valence-corrected chi connectivity index (χ4v) is 0.556. The molecule has 0 heterocycles. The maximum absolute atomic E-state index is 8.75. The molecule has 0 aliphatic heterocycles. The summed E-state index contributed by atoms with van der Waals surface area (Å²) in [5.74, 6) is 0. The lowest BCUT2D eigenvalue weighted by atomic mass is 10.1. The molecule has 0 aromatic rings. The molecule has 8 heavy (non-hydrogen) atoms. The van der Waals surface area contributed by atoms with Gasteiger partial charge in [-0.15, -0.1) is 0 Å². The minimum absolute atomic E-state index is 0.0648. The Morgan fingerprint density at radius 2 is 2.25 bits per heavy atom. The van der Waals surface area contributed by atoms with Crippen LogP contribution in [-0.4, -0.2) is 17.3 Å². The molecule has 0 aromatic heterocycles. The quantitative estimate of drug-likeness (QED) is 0.557. The molecule has 1 radical (unpaired) electrons. The molecule has 0 fully saturated rings. The first-order valence-corrected chi connectivity index (χ1v) is 2.89. The summed E-state index contributed by atoms with van der Waals surface area (Å²) in [4.78, 5) is 0. The van der Waals surface area contributed by atoms with Gasteiger partial charge in [0.2, 0.25) is 0 Å². The Morgan fingerprint density at radius 3 is 2.38 bits per heavy atom. The lowest BCUT2D eigenvalue weighted by Gasteiger charge is -2.09. The van der Waals surface area contributed by atoms with E-state index in [1.807, 2.05) is 0 Å². The fraction of sp³-hybridized carbons (Fsp3) is 0.833. The van der Waals surface area contributed by atoms with Gasteiger partial charge in [-0.25, -0.2) is 0 Å². The maximum atomic E-state index is 8.75. The Hall–Kier alpha value is -0.0800. The molecule has 0 saturated heterocycles. The van der Waals surface area contributed by atoms with Crippen LogP contribution in [0.25, 0.3) is 0 Å². The van der Waals surface area contributed by atoms with Crippen molar-refractivity contribution in [1.82, 2.24) is 0 Å². The van der Waals surface area contributed by atoms with Crippen LogP contribution in [0, 0.1) is 6.92 Å². The molecule has 0 aliphatic carbocycles. The van der Waals surface area contributed by atoms with Crippen LogP contribution in [0.1, 0.15) is 19.8 Å². The second kappa shape index (κ2) is 3.87. The average molecular weight is 116 g/mol.